The zero-order valence-electron chi connectivity index (χ0n) is 10.1. The molecule has 92 valence electrons. The van der Waals surface area contributed by atoms with Crippen LogP contribution in [0.15, 0.2) is 22.9 Å². The van der Waals surface area contributed by atoms with Crippen molar-refractivity contribution in [3.8, 4) is 0 Å². The number of fused-ring (bicyclic) bond motifs is 1. The maximum atomic E-state index is 4.88. The molecule has 3 aromatic rings. The van der Waals surface area contributed by atoms with Gasteiger partial charge in [-0.05, 0) is 18.6 Å². The zero-order chi connectivity index (χ0) is 12.5. The highest BCUT2D eigenvalue weighted by Crippen LogP contribution is 2.07. The zero-order valence-corrected chi connectivity index (χ0v) is 10.1. The van der Waals surface area contributed by atoms with Gasteiger partial charge in [0.2, 0.25) is 11.8 Å². The Morgan fingerprint density at radius 1 is 1.28 bits per heavy atom. The topological polar surface area (TPSA) is 81.1 Å². The monoisotopic (exact) mass is 244 g/mol. The quantitative estimate of drug-likeness (QED) is 0.748. The summed E-state index contributed by atoms with van der Waals surface area (Å²) in [6, 6.07) is 3.92. The minimum Gasteiger partial charge on any atom is -0.345 e. The predicted molar refractivity (Wildman–Crippen MR) is 64.1 cm³/mol. The van der Waals surface area contributed by atoms with Gasteiger partial charge in [0.1, 0.15) is 0 Å². The molecular formula is C11H12N6O. The highest BCUT2D eigenvalue weighted by Gasteiger charge is 2.05. The summed E-state index contributed by atoms with van der Waals surface area (Å²) in [5, 5.41) is 11.1. The van der Waals surface area contributed by atoms with E-state index in [0.29, 0.717) is 24.2 Å². The van der Waals surface area contributed by atoms with E-state index in [-0.39, 0.29) is 0 Å². The van der Waals surface area contributed by atoms with Gasteiger partial charge in [-0.15, -0.1) is 5.10 Å². The summed E-state index contributed by atoms with van der Waals surface area (Å²) in [4.78, 5) is 8.42. The Kier molecular flexibility index (Phi) is 2.44. The van der Waals surface area contributed by atoms with Crippen molar-refractivity contribution in [3.63, 3.8) is 0 Å². The number of aryl methyl sites for hydroxylation is 2. The highest BCUT2D eigenvalue weighted by molar-refractivity contribution is 5.44. The Labute approximate surface area is 103 Å². The summed E-state index contributed by atoms with van der Waals surface area (Å²) in [6.07, 6.45) is 1.92. The van der Waals surface area contributed by atoms with E-state index >= 15 is 0 Å². The molecule has 0 bridgehead atoms. The lowest BCUT2D eigenvalue weighted by molar-refractivity contribution is 0.388. The van der Waals surface area contributed by atoms with Gasteiger partial charge in [-0.1, -0.05) is 11.2 Å². The van der Waals surface area contributed by atoms with E-state index in [9.17, 15) is 0 Å². The molecule has 0 fully saturated rings. The molecule has 0 amide bonds. The summed E-state index contributed by atoms with van der Waals surface area (Å²) < 4.78 is 6.62. The van der Waals surface area contributed by atoms with E-state index in [0.717, 1.165) is 11.2 Å². The van der Waals surface area contributed by atoms with Crippen LogP contribution in [0.5, 0.6) is 0 Å². The number of nitrogens with one attached hydrogen (secondary N) is 1. The van der Waals surface area contributed by atoms with Crippen LogP contribution in [-0.4, -0.2) is 24.7 Å². The van der Waals surface area contributed by atoms with E-state index in [1.165, 1.54) is 0 Å². The molecule has 0 aromatic carbocycles. The smallest absolute Gasteiger partial charge is 0.243 e. The van der Waals surface area contributed by atoms with E-state index in [1.54, 1.807) is 11.4 Å². The van der Waals surface area contributed by atoms with Crippen molar-refractivity contribution >= 4 is 11.6 Å². The average molecular weight is 244 g/mol. The first-order valence-electron chi connectivity index (χ1n) is 5.57. The van der Waals surface area contributed by atoms with Crippen LogP contribution in [0.2, 0.25) is 0 Å². The Bertz CT molecular complexity index is 686. The van der Waals surface area contributed by atoms with Crippen molar-refractivity contribution in [1.82, 2.24) is 24.7 Å². The van der Waals surface area contributed by atoms with Crippen molar-refractivity contribution < 1.29 is 4.52 Å². The van der Waals surface area contributed by atoms with Gasteiger partial charge in [-0.2, -0.15) is 9.97 Å². The van der Waals surface area contributed by atoms with Crippen LogP contribution in [0, 0.1) is 13.8 Å². The summed E-state index contributed by atoms with van der Waals surface area (Å²) in [7, 11) is 0. The third-order valence-electron chi connectivity index (χ3n) is 2.45. The van der Waals surface area contributed by atoms with Gasteiger partial charge in [0.15, 0.2) is 11.5 Å². The van der Waals surface area contributed by atoms with Crippen LogP contribution in [0.25, 0.3) is 5.65 Å². The van der Waals surface area contributed by atoms with Gasteiger partial charge in [0.05, 0.1) is 6.54 Å². The van der Waals surface area contributed by atoms with Crippen LogP contribution in [-0.2, 0) is 6.54 Å². The summed E-state index contributed by atoms with van der Waals surface area (Å²) in [5.41, 5.74) is 1.93. The van der Waals surface area contributed by atoms with Crippen molar-refractivity contribution in [1.29, 1.82) is 0 Å². The van der Waals surface area contributed by atoms with Crippen molar-refractivity contribution in [2.75, 3.05) is 5.32 Å². The average Bonchev–Trinajstić information content (AvgIpc) is 2.92. The van der Waals surface area contributed by atoms with E-state index in [2.05, 4.69) is 25.5 Å². The molecule has 0 spiro atoms. The second kappa shape index (κ2) is 4.10. The SMILES string of the molecule is Cc1ccc2nc(NCc3noc(C)n3)nn2c1. The first-order chi connectivity index (χ1) is 8.70. The Morgan fingerprint density at radius 3 is 2.94 bits per heavy atom. The van der Waals surface area contributed by atoms with Gasteiger partial charge in [0.25, 0.3) is 0 Å². The molecule has 0 atom stereocenters. The van der Waals surface area contributed by atoms with Gasteiger partial charge in [-0.25, -0.2) is 4.52 Å². The van der Waals surface area contributed by atoms with E-state index in [1.807, 2.05) is 25.3 Å². The molecule has 0 aliphatic heterocycles. The largest absolute Gasteiger partial charge is 0.345 e. The Hall–Kier alpha value is -2.44. The second-order valence-electron chi connectivity index (χ2n) is 4.03. The lowest BCUT2D eigenvalue weighted by Crippen LogP contribution is -2.02. The van der Waals surface area contributed by atoms with Crippen molar-refractivity contribution in [3.05, 3.63) is 35.6 Å². The minimum absolute atomic E-state index is 0.438. The summed E-state index contributed by atoms with van der Waals surface area (Å²) >= 11 is 0. The molecule has 3 heterocycles. The molecule has 0 aliphatic carbocycles. The number of anilines is 1. The Morgan fingerprint density at radius 2 is 2.17 bits per heavy atom. The van der Waals surface area contributed by atoms with Crippen LogP contribution in [0.4, 0.5) is 5.95 Å². The van der Waals surface area contributed by atoms with Crippen LogP contribution in [0.1, 0.15) is 17.3 Å². The van der Waals surface area contributed by atoms with Crippen molar-refractivity contribution in [2.24, 2.45) is 0 Å². The highest BCUT2D eigenvalue weighted by atomic mass is 16.5. The van der Waals surface area contributed by atoms with E-state index < -0.39 is 0 Å². The molecule has 0 saturated heterocycles. The second-order valence-corrected chi connectivity index (χ2v) is 4.03. The maximum Gasteiger partial charge on any atom is 0.243 e. The molecule has 7 nitrogen and oxygen atoms in total. The molecule has 0 saturated carbocycles. The molecule has 3 rings (SSSR count). The lowest BCUT2D eigenvalue weighted by Gasteiger charge is -1.94. The first kappa shape index (κ1) is 10.7. The number of hydrogen-bond acceptors (Lipinski definition) is 6. The minimum atomic E-state index is 0.438. The fourth-order valence-corrected chi connectivity index (χ4v) is 1.63. The molecule has 3 aromatic heterocycles. The molecule has 7 heteroatoms. The molecule has 0 unspecified atom stereocenters. The standard InChI is InChI=1S/C11H12N6O/c1-7-3-4-10-14-11(15-17(10)6-7)12-5-9-13-8(2)18-16-9/h3-4,6H,5H2,1-2H3,(H,12,15). The van der Waals surface area contributed by atoms with E-state index in [4.69, 9.17) is 4.52 Å². The molecule has 18 heavy (non-hydrogen) atoms. The van der Waals surface area contributed by atoms with Gasteiger partial charge < -0.3 is 9.84 Å². The number of hydrogen-bond donors (Lipinski definition) is 1. The number of rotatable bonds is 3. The van der Waals surface area contributed by atoms with Crippen molar-refractivity contribution in [2.45, 2.75) is 20.4 Å². The van der Waals surface area contributed by atoms with Gasteiger partial charge in [0, 0.05) is 13.1 Å². The van der Waals surface area contributed by atoms with Gasteiger partial charge in [-0.3, -0.25) is 0 Å². The third kappa shape index (κ3) is 2.02. The fourth-order valence-electron chi connectivity index (χ4n) is 1.63. The number of pyridine rings is 1. The summed E-state index contributed by atoms with van der Waals surface area (Å²) in [5.74, 6) is 1.68. The third-order valence-corrected chi connectivity index (χ3v) is 2.45. The van der Waals surface area contributed by atoms with Crippen LogP contribution in [0.3, 0.4) is 0 Å². The molecule has 0 aliphatic rings. The molecular weight excluding hydrogens is 232 g/mol. The predicted octanol–water partition coefficient (Wildman–Crippen LogP) is 1.34. The van der Waals surface area contributed by atoms with Gasteiger partial charge >= 0.3 is 0 Å². The molecule has 0 radical (unpaired) electrons. The Balaban J connectivity index is 1.78. The normalized spacial score (nSPS) is 11.0. The fraction of sp³-hybridized carbons (Fsp3) is 0.273. The summed E-state index contributed by atoms with van der Waals surface area (Å²) in [6.45, 7) is 4.20. The molecule has 1 N–H and O–H groups in total. The lowest BCUT2D eigenvalue weighted by atomic mass is 10.3. The van der Waals surface area contributed by atoms with Crippen LogP contribution < -0.4 is 5.32 Å². The first-order valence-corrected chi connectivity index (χ1v) is 5.57. The van der Waals surface area contributed by atoms with Crippen LogP contribution >= 0.6 is 0 Å². The number of aromatic nitrogens is 5. The maximum absolute atomic E-state index is 4.88. The number of nitrogens with zero attached hydrogens (tertiary/aromatic N) is 5.